The molecule has 0 fully saturated rings. The van der Waals surface area contributed by atoms with Crippen LogP contribution in [0.2, 0.25) is 0 Å². The number of benzene rings is 4. The Bertz CT molecular complexity index is 1710. The van der Waals surface area contributed by atoms with Crippen molar-refractivity contribution >= 4 is 27.5 Å². The predicted octanol–water partition coefficient (Wildman–Crippen LogP) is 5.45. The van der Waals surface area contributed by atoms with Gasteiger partial charge in [0.25, 0.3) is 10.0 Å². The molecule has 1 atom stereocenters. The monoisotopic (exact) mass is 643 g/mol. The second-order valence-corrected chi connectivity index (χ2v) is 13.7. The van der Waals surface area contributed by atoms with Gasteiger partial charge in [-0.05, 0) is 80.4 Å². The molecule has 0 radical (unpaired) electrons. The van der Waals surface area contributed by atoms with E-state index in [4.69, 9.17) is 9.47 Å². The van der Waals surface area contributed by atoms with Crippen molar-refractivity contribution in [2.24, 2.45) is 0 Å². The summed E-state index contributed by atoms with van der Waals surface area (Å²) in [6.07, 6.45) is 0.217. The van der Waals surface area contributed by atoms with Crippen molar-refractivity contribution in [3.05, 3.63) is 120 Å². The molecule has 0 saturated heterocycles. The number of sulfonamides is 1. The van der Waals surface area contributed by atoms with Crippen LogP contribution < -0.4 is 19.1 Å². The van der Waals surface area contributed by atoms with Crippen molar-refractivity contribution in [1.29, 1.82) is 0 Å². The molecule has 0 saturated carbocycles. The van der Waals surface area contributed by atoms with Gasteiger partial charge in [0.2, 0.25) is 11.8 Å². The van der Waals surface area contributed by atoms with Gasteiger partial charge in [-0.1, -0.05) is 60.7 Å². The highest BCUT2D eigenvalue weighted by Gasteiger charge is 2.35. The van der Waals surface area contributed by atoms with Crippen molar-refractivity contribution in [2.45, 2.75) is 50.2 Å². The van der Waals surface area contributed by atoms with Gasteiger partial charge in [-0.3, -0.25) is 13.9 Å². The number of nitrogens with one attached hydrogen (secondary N) is 1. The van der Waals surface area contributed by atoms with E-state index >= 15 is 0 Å². The topological polar surface area (TPSA) is 105 Å². The SMILES string of the molecule is COc1ccc(S(=O)(=O)N(CC(=O)N(Cc2cccc(OC)c2)[C@@H](Cc2ccccc2)C(=O)NC(C)(C)C)c2ccccc2)cc1. The van der Waals surface area contributed by atoms with Gasteiger partial charge >= 0.3 is 0 Å². The fourth-order valence-electron chi connectivity index (χ4n) is 4.97. The van der Waals surface area contributed by atoms with Crippen LogP contribution in [0.3, 0.4) is 0 Å². The minimum atomic E-state index is -4.22. The van der Waals surface area contributed by atoms with Crippen LogP contribution in [-0.4, -0.2) is 57.5 Å². The summed E-state index contributed by atoms with van der Waals surface area (Å²) in [6.45, 7) is 5.11. The number of amides is 2. The molecule has 46 heavy (non-hydrogen) atoms. The summed E-state index contributed by atoms with van der Waals surface area (Å²) in [6, 6.07) is 30.2. The maximum atomic E-state index is 14.6. The minimum absolute atomic E-state index is 0.00406. The lowest BCUT2D eigenvalue weighted by atomic mass is 10.0. The first-order valence-electron chi connectivity index (χ1n) is 14.9. The average molecular weight is 644 g/mol. The molecule has 0 spiro atoms. The van der Waals surface area contributed by atoms with E-state index in [1.165, 1.54) is 24.1 Å². The number of anilines is 1. The third-order valence-corrected chi connectivity index (χ3v) is 9.01. The van der Waals surface area contributed by atoms with Crippen molar-refractivity contribution < 1.29 is 27.5 Å². The van der Waals surface area contributed by atoms with Crippen LogP contribution in [0.25, 0.3) is 0 Å². The Labute approximate surface area is 271 Å². The van der Waals surface area contributed by atoms with Crippen molar-refractivity contribution in [3.8, 4) is 11.5 Å². The Morgan fingerprint density at radius 3 is 1.93 bits per heavy atom. The molecule has 1 N–H and O–H groups in total. The fraction of sp³-hybridized carbons (Fsp3) is 0.278. The van der Waals surface area contributed by atoms with Crippen LogP contribution in [0.15, 0.2) is 114 Å². The highest BCUT2D eigenvalue weighted by atomic mass is 32.2. The van der Waals surface area contributed by atoms with Crippen molar-refractivity contribution in [3.63, 3.8) is 0 Å². The van der Waals surface area contributed by atoms with Crippen molar-refractivity contribution in [1.82, 2.24) is 10.2 Å². The molecule has 9 nitrogen and oxygen atoms in total. The van der Waals surface area contributed by atoms with Crippen LogP contribution in [-0.2, 0) is 32.6 Å². The molecule has 0 aliphatic rings. The number of ether oxygens (including phenoxy) is 2. The van der Waals surface area contributed by atoms with Gasteiger partial charge in [-0.25, -0.2) is 8.42 Å². The molecule has 0 aliphatic heterocycles. The molecule has 10 heteroatoms. The number of para-hydroxylation sites is 1. The number of carbonyl (C=O) groups excluding carboxylic acids is 2. The highest BCUT2D eigenvalue weighted by Crippen LogP contribution is 2.26. The minimum Gasteiger partial charge on any atom is -0.497 e. The van der Waals surface area contributed by atoms with E-state index < -0.39 is 34.1 Å². The third-order valence-electron chi connectivity index (χ3n) is 7.23. The summed E-state index contributed by atoms with van der Waals surface area (Å²) < 4.78 is 40.0. The summed E-state index contributed by atoms with van der Waals surface area (Å²) in [5.74, 6) is 0.196. The molecule has 0 aromatic heterocycles. The number of carbonyl (C=O) groups is 2. The van der Waals surface area contributed by atoms with Gasteiger partial charge in [0.1, 0.15) is 24.1 Å². The molecular weight excluding hydrogens is 602 g/mol. The quantitative estimate of drug-likeness (QED) is 0.208. The summed E-state index contributed by atoms with van der Waals surface area (Å²) in [5.41, 5.74) is 1.31. The third kappa shape index (κ3) is 8.88. The van der Waals surface area contributed by atoms with E-state index in [2.05, 4.69) is 5.32 Å². The first-order chi connectivity index (χ1) is 21.9. The molecule has 4 aromatic carbocycles. The lowest BCUT2D eigenvalue weighted by Crippen LogP contribution is -2.56. The van der Waals surface area contributed by atoms with Gasteiger partial charge in [0, 0.05) is 18.5 Å². The summed E-state index contributed by atoms with van der Waals surface area (Å²) in [4.78, 5) is 30.0. The van der Waals surface area contributed by atoms with E-state index in [0.29, 0.717) is 17.2 Å². The Morgan fingerprint density at radius 1 is 0.761 bits per heavy atom. The second-order valence-electron chi connectivity index (χ2n) is 11.8. The average Bonchev–Trinajstić information content (AvgIpc) is 3.05. The van der Waals surface area contributed by atoms with E-state index in [0.717, 1.165) is 15.4 Å². The molecule has 0 heterocycles. The normalized spacial score (nSPS) is 12.1. The smallest absolute Gasteiger partial charge is 0.264 e. The number of nitrogens with zero attached hydrogens (tertiary/aromatic N) is 2. The molecule has 0 bridgehead atoms. The lowest BCUT2D eigenvalue weighted by Gasteiger charge is -2.35. The molecule has 2 amide bonds. The van der Waals surface area contributed by atoms with Crippen molar-refractivity contribution in [2.75, 3.05) is 25.1 Å². The molecule has 4 aromatic rings. The Kier molecular flexibility index (Phi) is 11.1. The molecule has 0 aliphatic carbocycles. The number of rotatable bonds is 13. The van der Waals surface area contributed by atoms with E-state index in [9.17, 15) is 18.0 Å². The maximum Gasteiger partial charge on any atom is 0.264 e. The predicted molar refractivity (Wildman–Crippen MR) is 179 cm³/mol. The molecule has 4 rings (SSSR count). The second kappa shape index (κ2) is 15.0. The number of methoxy groups -OCH3 is 2. The number of hydrogen-bond donors (Lipinski definition) is 1. The Hall–Kier alpha value is -4.83. The first kappa shape index (κ1) is 34.1. The van der Waals surface area contributed by atoms with Crippen LogP contribution in [0.5, 0.6) is 11.5 Å². The Morgan fingerprint density at radius 2 is 1.35 bits per heavy atom. The summed E-state index contributed by atoms with van der Waals surface area (Å²) >= 11 is 0. The van der Waals surface area contributed by atoms with E-state index in [-0.39, 0.29) is 23.8 Å². The Balaban J connectivity index is 1.81. The zero-order chi connectivity index (χ0) is 33.3. The van der Waals surface area contributed by atoms with E-state index in [1.54, 1.807) is 61.7 Å². The molecular formula is C36H41N3O6S. The zero-order valence-corrected chi connectivity index (χ0v) is 27.7. The maximum absolute atomic E-state index is 14.6. The molecule has 0 unspecified atom stereocenters. The van der Waals surface area contributed by atoms with Gasteiger partial charge < -0.3 is 19.7 Å². The fourth-order valence-corrected chi connectivity index (χ4v) is 6.39. The number of hydrogen-bond acceptors (Lipinski definition) is 6. The zero-order valence-electron chi connectivity index (χ0n) is 26.8. The standard InChI is InChI=1S/C36H41N3O6S/c1-36(2,3)37-35(41)33(24-27-13-8-6-9-14-27)38(25-28-15-12-18-31(23-28)45-5)34(40)26-39(29-16-10-7-11-17-29)46(42,43)32-21-19-30(44-4)20-22-32/h6-23,33H,24-26H2,1-5H3,(H,37,41)/t33-/m0/s1. The lowest BCUT2D eigenvalue weighted by molar-refractivity contribution is -0.140. The van der Waals surface area contributed by atoms with E-state index in [1.807, 2.05) is 63.2 Å². The van der Waals surface area contributed by atoms with Crippen LogP contribution in [0, 0.1) is 0 Å². The van der Waals surface area contributed by atoms with Gasteiger partial charge in [-0.2, -0.15) is 0 Å². The van der Waals surface area contributed by atoms with Crippen LogP contribution >= 0.6 is 0 Å². The molecule has 242 valence electrons. The van der Waals surface area contributed by atoms with Crippen LogP contribution in [0.4, 0.5) is 5.69 Å². The largest absolute Gasteiger partial charge is 0.497 e. The van der Waals surface area contributed by atoms with Gasteiger partial charge in [-0.15, -0.1) is 0 Å². The summed E-state index contributed by atoms with van der Waals surface area (Å²) in [7, 11) is -1.16. The van der Waals surface area contributed by atoms with Crippen LogP contribution in [0.1, 0.15) is 31.9 Å². The summed E-state index contributed by atoms with van der Waals surface area (Å²) in [5, 5.41) is 3.03. The highest BCUT2D eigenvalue weighted by molar-refractivity contribution is 7.92. The van der Waals surface area contributed by atoms with Gasteiger partial charge in [0.15, 0.2) is 0 Å². The first-order valence-corrected chi connectivity index (χ1v) is 16.4. The van der Waals surface area contributed by atoms with Gasteiger partial charge in [0.05, 0.1) is 24.8 Å².